The molecule has 4 rings (SSSR count). The number of nitrogens with zero attached hydrogens (tertiary/aromatic N) is 4. The molecule has 0 aliphatic heterocycles. The van der Waals surface area contributed by atoms with Gasteiger partial charge in [-0.2, -0.15) is 5.10 Å². The van der Waals surface area contributed by atoms with Crippen LogP contribution in [0, 0.1) is 0 Å². The molecule has 4 aromatic rings. The monoisotopic (exact) mass is 302 g/mol. The Kier molecular flexibility index (Phi) is 3.24. The normalized spacial score (nSPS) is 11.5. The van der Waals surface area contributed by atoms with Gasteiger partial charge in [0.05, 0.1) is 5.69 Å². The Balaban J connectivity index is 1.71. The zero-order chi connectivity index (χ0) is 15.6. The van der Waals surface area contributed by atoms with Gasteiger partial charge < -0.3 is 4.42 Å². The summed E-state index contributed by atoms with van der Waals surface area (Å²) in [6.07, 6.45) is 9.32. The highest BCUT2D eigenvalue weighted by molar-refractivity contribution is 5.79. The first-order valence-corrected chi connectivity index (χ1v) is 7.27. The number of aryl methyl sites for hydroxylation is 1. The zero-order valence-electron chi connectivity index (χ0n) is 12.5. The van der Waals surface area contributed by atoms with Crippen molar-refractivity contribution in [2.75, 3.05) is 0 Å². The topological polar surface area (TPSA) is 56.7 Å². The second-order valence-corrected chi connectivity index (χ2v) is 5.20. The third-order valence-corrected chi connectivity index (χ3v) is 3.53. The molecule has 0 N–H and O–H groups in total. The van der Waals surface area contributed by atoms with Gasteiger partial charge in [0.25, 0.3) is 0 Å². The van der Waals surface area contributed by atoms with Gasteiger partial charge in [0.15, 0.2) is 5.58 Å². The van der Waals surface area contributed by atoms with Crippen LogP contribution >= 0.6 is 0 Å². The molecule has 3 aromatic heterocycles. The second-order valence-electron chi connectivity index (χ2n) is 5.20. The lowest BCUT2D eigenvalue weighted by atomic mass is 10.1. The summed E-state index contributed by atoms with van der Waals surface area (Å²) in [5.41, 5.74) is 4.57. The number of pyridine rings is 1. The molecule has 0 spiro atoms. The summed E-state index contributed by atoms with van der Waals surface area (Å²) in [6, 6.07) is 11.6. The minimum atomic E-state index is 0.579. The van der Waals surface area contributed by atoms with Crippen LogP contribution in [-0.2, 0) is 7.05 Å². The van der Waals surface area contributed by atoms with Crippen molar-refractivity contribution in [1.29, 1.82) is 0 Å². The van der Waals surface area contributed by atoms with Crippen molar-refractivity contribution in [2.24, 2.45) is 7.05 Å². The summed E-state index contributed by atoms with van der Waals surface area (Å²) in [5, 5.41) is 4.52. The highest BCUT2D eigenvalue weighted by Crippen LogP contribution is 2.23. The van der Waals surface area contributed by atoms with Crippen molar-refractivity contribution in [3.63, 3.8) is 0 Å². The average molecular weight is 302 g/mol. The fourth-order valence-corrected chi connectivity index (χ4v) is 2.49. The predicted octanol–water partition coefficient (Wildman–Crippen LogP) is 3.79. The largest absolute Gasteiger partial charge is 0.437 e. The molecule has 1 aromatic carbocycles. The fourth-order valence-electron chi connectivity index (χ4n) is 2.49. The minimum Gasteiger partial charge on any atom is -0.437 e. The van der Waals surface area contributed by atoms with E-state index < -0.39 is 0 Å². The Morgan fingerprint density at radius 1 is 1.04 bits per heavy atom. The molecule has 0 saturated carbocycles. The van der Waals surface area contributed by atoms with Crippen molar-refractivity contribution in [3.05, 3.63) is 66.4 Å². The lowest BCUT2D eigenvalue weighted by molar-refractivity contribution is 0.590. The average Bonchev–Trinajstić information content (AvgIpc) is 3.16. The Morgan fingerprint density at radius 3 is 2.70 bits per heavy atom. The smallest absolute Gasteiger partial charge is 0.220 e. The highest BCUT2D eigenvalue weighted by atomic mass is 16.3. The predicted molar refractivity (Wildman–Crippen MR) is 89.4 cm³/mol. The van der Waals surface area contributed by atoms with E-state index in [9.17, 15) is 0 Å². The van der Waals surface area contributed by atoms with E-state index in [1.807, 2.05) is 61.8 Å². The van der Waals surface area contributed by atoms with Crippen molar-refractivity contribution in [1.82, 2.24) is 19.7 Å². The molecule has 5 heteroatoms. The van der Waals surface area contributed by atoms with Crippen LogP contribution in [0.1, 0.15) is 11.5 Å². The minimum absolute atomic E-state index is 0.579. The molecule has 0 unspecified atom stereocenters. The Labute approximate surface area is 132 Å². The Hall–Kier alpha value is -3.21. The maximum atomic E-state index is 5.71. The second kappa shape index (κ2) is 5.53. The first-order valence-electron chi connectivity index (χ1n) is 7.27. The quantitative estimate of drug-likeness (QED) is 0.577. The maximum absolute atomic E-state index is 5.71. The van der Waals surface area contributed by atoms with E-state index in [4.69, 9.17) is 4.42 Å². The van der Waals surface area contributed by atoms with E-state index in [1.54, 1.807) is 17.1 Å². The summed E-state index contributed by atoms with van der Waals surface area (Å²) < 4.78 is 7.50. The van der Waals surface area contributed by atoms with Gasteiger partial charge in [0.1, 0.15) is 5.52 Å². The van der Waals surface area contributed by atoms with Crippen LogP contribution in [0.4, 0.5) is 0 Å². The number of hydrogen-bond donors (Lipinski definition) is 0. The van der Waals surface area contributed by atoms with Gasteiger partial charge >= 0.3 is 0 Å². The first-order chi connectivity index (χ1) is 11.3. The van der Waals surface area contributed by atoms with Gasteiger partial charge in [0, 0.05) is 42.8 Å². The van der Waals surface area contributed by atoms with Crippen LogP contribution in [-0.4, -0.2) is 19.7 Å². The summed E-state index contributed by atoms with van der Waals surface area (Å²) in [4.78, 5) is 8.49. The third-order valence-electron chi connectivity index (χ3n) is 3.53. The molecule has 0 bridgehead atoms. The molecule has 0 fully saturated rings. The highest BCUT2D eigenvalue weighted by Gasteiger charge is 2.08. The van der Waals surface area contributed by atoms with Gasteiger partial charge in [0.2, 0.25) is 5.89 Å². The van der Waals surface area contributed by atoms with E-state index in [1.165, 1.54) is 0 Å². The zero-order valence-corrected chi connectivity index (χ0v) is 12.5. The van der Waals surface area contributed by atoms with Gasteiger partial charge in [-0.3, -0.25) is 9.67 Å². The SMILES string of the molecule is Cn1cc(C=Cc2nc3ccccc3o2)c(-c2ccncc2)n1. The van der Waals surface area contributed by atoms with E-state index in [0.29, 0.717) is 5.89 Å². The van der Waals surface area contributed by atoms with Crippen LogP contribution in [0.25, 0.3) is 34.5 Å². The maximum Gasteiger partial charge on any atom is 0.220 e. The fraction of sp³-hybridized carbons (Fsp3) is 0.0556. The molecule has 0 saturated heterocycles. The van der Waals surface area contributed by atoms with Crippen LogP contribution in [0.2, 0.25) is 0 Å². The van der Waals surface area contributed by atoms with Crippen molar-refractivity contribution >= 4 is 23.3 Å². The molecule has 23 heavy (non-hydrogen) atoms. The van der Waals surface area contributed by atoms with Gasteiger partial charge in [-0.1, -0.05) is 12.1 Å². The number of para-hydroxylation sites is 2. The summed E-state index contributed by atoms with van der Waals surface area (Å²) in [6.45, 7) is 0. The Bertz CT molecular complexity index is 950. The number of benzene rings is 1. The molecule has 0 aliphatic rings. The van der Waals surface area contributed by atoms with Crippen LogP contribution in [0.3, 0.4) is 0 Å². The van der Waals surface area contributed by atoms with Gasteiger partial charge in [-0.15, -0.1) is 0 Å². The number of oxazole rings is 1. The summed E-state index contributed by atoms with van der Waals surface area (Å²) >= 11 is 0. The summed E-state index contributed by atoms with van der Waals surface area (Å²) in [7, 11) is 1.90. The van der Waals surface area contributed by atoms with E-state index in [2.05, 4.69) is 15.1 Å². The van der Waals surface area contributed by atoms with Crippen LogP contribution in [0.15, 0.2) is 59.4 Å². The van der Waals surface area contributed by atoms with Crippen molar-refractivity contribution in [2.45, 2.75) is 0 Å². The molecule has 0 radical (unpaired) electrons. The van der Waals surface area contributed by atoms with E-state index >= 15 is 0 Å². The number of aromatic nitrogens is 4. The van der Waals surface area contributed by atoms with Gasteiger partial charge in [-0.05, 0) is 30.3 Å². The van der Waals surface area contributed by atoms with E-state index in [0.717, 1.165) is 27.9 Å². The van der Waals surface area contributed by atoms with Gasteiger partial charge in [-0.25, -0.2) is 4.98 Å². The number of hydrogen-bond acceptors (Lipinski definition) is 4. The number of rotatable bonds is 3. The molecule has 112 valence electrons. The number of fused-ring (bicyclic) bond motifs is 1. The first kappa shape index (κ1) is 13.5. The molecule has 5 nitrogen and oxygen atoms in total. The lowest BCUT2D eigenvalue weighted by Gasteiger charge is -1.97. The van der Waals surface area contributed by atoms with E-state index in [-0.39, 0.29) is 0 Å². The molecule has 0 aliphatic carbocycles. The molecule has 3 heterocycles. The molecule has 0 amide bonds. The summed E-state index contributed by atoms with van der Waals surface area (Å²) in [5.74, 6) is 0.579. The standard InChI is InChI=1S/C18H14N4O/c1-22-12-14(18(21-22)13-8-10-19-11-9-13)6-7-17-20-15-4-2-3-5-16(15)23-17/h2-12H,1H3. The van der Waals surface area contributed by atoms with Crippen LogP contribution < -0.4 is 0 Å². The van der Waals surface area contributed by atoms with Crippen LogP contribution in [0.5, 0.6) is 0 Å². The third kappa shape index (κ3) is 2.64. The molecular weight excluding hydrogens is 288 g/mol. The van der Waals surface area contributed by atoms with Crippen molar-refractivity contribution < 1.29 is 4.42 Å². The van der Waals surface area contributed by atoms with Crippen molar-refractivity contribution in [3.8, 4) is 11.3 Å². The lowest BCUT2D eigenvalue weighted by Crippen LogP contribution is -1.87. The molecule has 0 atom stereocenters. The Morgan fingerprint density at radius 2 is 1.87 bits per heavy atom. The molecular formula is C18H14N4O.